The van der Waals surface area contributed by atoms with Gasteiger partial charge in [-0.2, -0.15) is 26.3 Å². The predicted octanol–water partition coefficient (Wildman–Crippen LogP) is 5.82. The second-order valence-electron chi connectivity index (χ2n) is 4.15. The zero-order chi connectivity index (χ0) is 16.0. The predicted molar refractivity (Wildman–Crippen MR) is 69.4 cm³/mol. The van der Waals surface area contributed by atoms with Crippen LogP contribution in [0.4, 0.5) is 26.3 Å². The number of nitrogens with zero attached hydrogens (tertiary/aromatic N) is 1. The molecule has 0 atom stereocenters. The Hall–Kier alpha value is -1.02. The van der Waals surface area contributed by atoms with Gasteiger partial charge in [-0.25, -0.2) is 4.98 Å². The summed E-state index contributed by atoms with van der Waals surface area (Å²) in [5.41, 5.74) is -3.57. The quantitative estimate of drug-likeness (QED) is 0.440. The van der Waals surface area contributed by atoms with Gasteiger partial charge >= 0.3 is 12.4 Å². The molecule has 1 heterocycles. The Morgan fingerprint density at radius 1 is 1.00 bits per heavy atom. The smallest absolute Gasteiger partial charge is 0.243 e. The lowest BCUT2D eigenvalue weighted by Gasteiger charge is -2.16. The van der Waals surface area contributed by atoms with E-state index in [0.717, 1.165) is 6.07 Å². The van der Waals surface area contributed by atoms with Crippen molar-refractivity contribution in [2.75, 3.05) is 0 Å². The van der Waals surface area contributed by atoms with Gasteiger partial charge in [0.1, 0.15) is 0 Å². The van der Waals surface area contributed by atoms with E-state index in [1.165, 1.54) is 6.07 Å². The monoisotopic (exact) mass is 391 g/mol. The molecule has 0 radical (unpaired) electrons. The van der Waals surface area contributed by atoms with Crippen molar-refractivity contribution in [3.8, 4) is 0 Å². The van der Waals surface area contributed by atoms with E-state index in [4.69, 9.17) is 11.6 Å². The second kappa shape index (κ2) is 5.31. The van der Waals surface area contributed by atoms with Crippen LogP contribution in [-0.2, 0) is 17.7 Å². The topological polar surface area (TPSA) is 12.9 Å². The SMILES string of the molecule is FC(F)(F)c1cc2cc(CBr)c(Cl)cc2nc1C(F)(F)F. The molecule has 0 amide bonds. The molecule has 114 valence electrons. The van der Waals surface area contributed by atoms with Crippen LogP contribution in [0.1, 0.15) is 16.8 Å². The molecule has 0 saturated heterocycles. The van der Waals surface area contributed by atoms with Gasteiger partial charge in [0, 0.05) is 15.7 Å². The highest BCUT2D eigenvalue weighted by Gasteiger charge is 2.44. The molecule has 0 fully saturated rings. The summed E-state index contributed by atoms with van der Waals surface area (Å²) in [5.74, 6) is 0. The number of halogens is 8. The second-order valence-corrected chi connectivity index (χ2v) is 5.12. The Bertz CT molecular complexity index is 695. The first-order chi connectivity index (χ1) is 9.54. The normalized spacial score (nSPS) is 13.0. The van der Waals surface area contributed by atoms with Gasteiger partial charge < -0.3 is 0 Å². The zero-order valence-corrected chi connectivity index (χ0v) is 12.3. The van der Waals surface area contributed by atoms with E-state index in [9.17, 15) is 26.3 Å². The minimum absolute atomic E-state index is 0.0609. The molecule has 0 unspecified atom stereocenters. The van der Waals surface area contributed by atoms with Crippen molar-refractivity contribution in [2.24, 2.45) is 0 Å². The van der Waals surface area contributed by atoms with E-state index in [-0.39, 0.29) is 21.3 Å². The third-order valence-corrected chi connectivity index (χ3v) is 3.66. The highest BCUT2D eigenvalue weighted by atomic mass is 79.9. The van der Waals surface area contributed by atoms with Crippen LogP contribution in [0.5, 0.6) is 0 Å². The molecule has 0 saturated carbocycles. The van der Waals surface area contributed by atoms with Crippen molar-refractivity contribution < 1.29 is 26.3 Å². The van der Waals surface area contributed by atoms with Crippen LogP contribution in [0, 0.1) is 0 Å². The summed E-state index contributed by atoms with van der Waals surface area (Å²) in [5, 5.41) is 0.318. The Morgan fingerprint density at radius 3 is 2.10 bits per heavy atom. The third kappa shape index (κ3) is 3.26. The fourth-order valence-electron chi connectivity index (χ4n) is 1.78. The lowest BCUT2D eigenvalue weighted by molar-refractivity contribution is -0.164. The number of hydrogen-bond donors (Lipinski definition) is 0. The van der Waals surface area contributed by atoms with Gasteiger partial charge in [-0.05, 0) is 23.8 Å². The molecule has 1 aromatic heterocycles. The van der Waals surface area contributed by atoms with Crippen molar-refractivity contribution in [3.05, 3.63) is 40.0 Å². The van der Waals surface area contributed by atoms with Gasteiger partial charge in [-0.3, -0.25) is 0 Å². The number of benzene rings is 1. The molecule has 0 aliphatic carbocycles. The number of rotatable bonds is 1. The molecule has 1 nitrogen and oxygen atoms in total. The van der Waals surface area contributed by atoms with Gasteiger partial charge in [-0.15, -0.1) is 0 Å². The molecule has 0 N–H and O–H groups in total. The van der Waals surface area contributed by atoms with Crippen LogP contribution in [-0.4, -0.2) is 4.98 Å². The molecule has 21 heavy (non-hydrogen) atoms. The van der Waals surface area contributed by atoms with Crippen LogP contribution in [0.2, 0.25) is 5.02 Å². The summed E-state index contributed by atoms with van der Waals surface area (Å²) >= 11 is 8.92. The summed E-state index contributed by atoms with van der Waals surface area (Å²) in [6, 6.07) is 2.82. The van der Waals surface area contributed by atoms with E-state index in [0.29, 0.717) is 11.6 Å². The van der Waals surface area contributed by atoms with E-state index >= 15 is 0 Å². The minimum atomic E-state index is -5.21. The first kappa shape index (κ1) is 16.4. The van der Waals surface area contributed by atoms with Gasteiger partial charge in [-0.1, -0.05) is 27.5 Å². The third-order valence-electron chi connectivity index (χ3n) is 2.70. The Morgan fingerprint density at radius 2 is 1.62 bits per heavy atom. The maximum Gasteiger partial charge on any atom is 0.433 e. The van der Waals surface area contributed by atoms with E-state index in [1.54, 1.807) is 0 Å². The Labute approximate surface area is 128 Å². The van der Waals surface area contributed by atoms with Crippen molar-refractivity contribution in [1.29, 1.82) is 0 Å². The number of fused-ring (bicyclic) bond motifs is 1. The Kier molecular flexibility index (Phi) is 4.14. The summed E-state index contributed by atoms with van der Waals surface area (Å²) in [6.45, 7) is 0. The van der Waals surface area contributed by atoms with Gasteiger partial charge in [0.2, 0.25) is 0 Å². The van der Waals surface area contributed by atoms with Crippen molar-refractivity contribution in [3.63, 3.8) is 0 Å². The fourth-order valence-corrected chi connectivity index (χ4v) is 2.63. The fraction of sp³-hybridized carbons (Fsp3) is 0.250. The van der Waals surface area contributed by atoms with E-state index in [2.05, 4.69) is 20.9 Å². The summed E-state index contributed by atoms with van der Waals surface area (Å²) < 4.78 is 76.6. The maximum absolute atomic E-state index is 12.8. The molecule has 0 aliphatic rings. The van der Waals surface area contributed by atoms with Gasteiger partial charge in [0.05, 0.1) is 11.1 Å². The zero-order valence-electron chi connectivity index (χ0n) is 9.91. The molecule has 2 aromatic rings. The summed E-state index contributed by atoms with van der Waals surface area (Å²) in [6.07, 6.45) is -10.4. The maximum atomic E-state index is 12.8. The first-order valence-corrected chi connectivity index (χ1v) is 6.87. The lowest BCUT2D eigenvalue weighted by atomic mass is 10.1. The van der Waals surface area contributed by atoms with E-state index < -0.39 is 23.6 Å². The lowest BCUT2D eigenvalue weighted by Crippen LogP contribution is -2.18. The first-order valence-electron chi connectivity index (χ1n) is 5.37. The highest BCUT2D eigenvalue weighted by Crippen LogP contribution is 2.41. The largest absolute Gasteiger partial charge is 0.433 e. The summed E-state index contributed by atoms with van der Waals surface area (Å²) in [4.78, 5) is 3.10. The number of aromatic nitrogens is 1. The van der Waals surface area contributed by atoms with E-state index in [1.807, 2.05) is 0 Å². The van der Waals surface area contributed by atoms with Crippen LogP contribution >= 0.6 is 27.5 Å². The molecule has 2 rings (SSSR count). The standard InChI is InChI=1S/C12H5BrClF6N/c13-4-6-1-5-2-7(11(15,16)17)10(12(18,19)20)21-9(5)3-8(6)14/h1-3H,4H2. The molecule has 0 spiro atoms. The Balaban J connectivity index is 2.84. The minimum Gasteiger partial charge on any atom is -0.243 e. The molecule has 0 bridgehead atoms. The van der Waals surface area contributed by atoms with Crippen LogP contribution in [0.25, 0.3) is 10.9 Å². The molecular formula is C12H5BrClF6N. The molecular weight excluding hydrogens is 387 g/mol. The average molecular weight is 393 g/mol. The molecule has 1 aromatic carbocycles. The molecule has 0 aliphatic heterocycles. The van der Waals surface area contributed by atoms with Gasteiger partial charge in [0.25, 0.3) is 0 Å². The van der Waals surface area contributed by atoms with Crippen molar-refractivity contribution >= 4 is 38.4 Å². The molecule has 9 heteroatoms. The van der Waals surface area contributed by atoms with Crippen LogP contribution < -0.4 is 0 Å². The van der Waals surface area contributed by atoms with Crippen molar-refractivity contribution in [1.82, 2.24) is 4.98 Å². The summed E-state index contributed by atoms with van der Waals surface area (Å²) in [7, 11) is 0. The highest BCUT2D eigenvalue weighted by molar-refractivity contribution is 9.08. The van der Waals surface area contributed by atoms with Crippen LogP contribution in [0.3, 0.4) is 0 Å². The van der Waals surface area contributed by atoms with Crippen LogP contribution in [0.15, 0.2) is 18.2 Å². The van der Waals surface area contributed by atoms with Gasteiger partial charge in [0.15, 0.2) is 5.69 Å². The van der Waals surface area contributed by atoms with Crippen molar-refractivity contribution in [2.45, 2.75) is 17.7 Å². The number of pyridine rings is 1. The number of alkyl halides is 7. The average Bonchev–Trinajstić information content (AvgIpc) is 2.34. The number of hydrogen-bond acceptors (Lipinski definition) is 1.